The van der Waals surface area contributed by atoms with Crippen LogP contribution in [0.5, 0.6) is 5.75 Å². The van der Waals surface area contributed by atoms with Gasteiger partial charge in [-0.25, -0.2) is 0 Å². The first-order chi connectivity index (χ1) is 7.22. The minimum absolute atomic E-state index is 0.158. The molecular formula is C13H17NO. The van der Waals surface area contributed by atoms with E-state index in [0.717, 1.165) is 11.3 Å². The van der Waals surface area contributed by atoms with Crippen LogP contribution in [0.15, 0.2) is 18.2 Å². The fourth-order valence-electron chi connectivity index (χ4n) is 1.59. The van der Waals surface area contributed by atoms with Gasteiger partial charge in [0.15, 0.2) is 0 Å². The molecule has 0 aliphatic carbocycles. The van der Waals surface area contributed by atoms with Crippen LogP contribution in [0.4, 0.5) is 0 Å². The lowest BCUT2D eigenvalue weighted by Gasteiger charge is -2.17. The standard InChI is InChI=1S/C13H17NO/c1-5-6-12(14-3)11-8-7-10(2)9-13(11)15-4/h1,7-9,12,14H,6H2,2-4H3. The molecule has 2 heteroatoms. The van der Waals surface area contributed by atoms with Crippen LogP contribution in [0.1, 0.15) is 23.6 Å². The van der Waals surface area contributed by atoms with E-state index in [0.29, 0.717) is 6.42 Å². The third kappa shape index (κ3) is 2.74. The average Bonchev–Trinajstić information content (AvgIpc) is 2.26. The number of hydrogen-bond acceptors (Lipinski definition) is 2. The molecule has 1 atom stereocenters. The monoisotopic (exact) mass is 203 g/mol. The number of aryl methyl sites for hydroxylation is 1. The summed E-state index contributed by atoms with van der Waals surface area (Å²) in [5.74, 6) is 3.56. The third-order valence-corrected chi connectivity index (χ3v) is 2.43. The first-order valence-electron chi connectivity index (χ1n) is 4.98. The van der Waals surface area contributed by atoms with Crippen molar-refractivity contribution in [1.82, 2.24) is 5.32 Å². The Morgan fingerprint density at radius 3 is 2.80 bits per heavy atom. The number of ether oxygens (including phenoxy) is 1. The number of terminal acetylenes is 1. The summed E-state index contributed by atoms with van der Waals surface area (Å²) in [5.41, 5.74) is 2.30. The lowest BCUT2D eigenvalue weighted by atomic mass is 10.0. The summed E-state index contributed by atoms with van der Waals surface area (Å²) in [4.78, 5) is 0. The van der Waals surface area contributed by atoms with Gasteiger partial charge in [0, 0.05) is 18.0 Å². The van der Waals surface area contributed by atoms with E-state index in [-0.39, 0.29) is 6.04 Å². The van der Waals surface area contributed by atoms with E-state index in [4.69, 9.17) is 11.2 Å². The topological polar surface area (TPSA) is 21.3 Å². The predicted octanol–water partition coefficient (Wildman–Crippen LogP) is 2.29. The first-order valence-corrected chi connectivity index (χ1v) is 4.98. The Bertz CT molecular complexity index is 365. The van der Waals surface area contributed by atoms with Gasteiger partial charge < -0.3 is 10.1 Å². The molecule has 1 aromatic rings. The summed E-state index contributed by atoms with van der Waals surface area (Å²) in [6.07, 6.45) is 6.00. The Morgan fingerprint density at radius 1 is 1.53 bits per heavy atom. The van der Waals surface area contributed by atoms with Gasteiger partial charge in [0.25, 0.3) is 0 Å². The van der Waals surface area contributed by atoms with Gasteiger partial charge in [0.1, 0.15) is 5.75 Å². The average molecular weight is 203 g/mol. The number of benzene rings is 1. The molecule has 0 heterocycles. The third-order valence-electron chi connectivity index (χ3n) is 2.43. The number of methoxy groups -OCH3 is 1. The van der Waals surface area contributed by atoms with Crippen LogP contribution in [0.25, 0.3) is 0 Å². The highest BCUT2D eigenvalue weighted by molar-refractivity contribution is 5.39. The van der Waals surface area contributed by atoms with Gasteiger partial charge in [-0.3, -0.25) is 0 Å². The van der Waals surface area contributed by atoms with Crippen molar-refractivity contribution in [2.24, 2.45) is 0 Å². The molecule has 0 aromatic heterocycles. The maximum Gasteiger partial charge on any atom is 0.123 e. The molecule has 0 aliphatic rings. The Labute approximate surface area is 91.6 Å². The zero-order valence-corrected chi connectivity index (χ0v) is 9.50. The van der Waals surface area contributed by atoms with Crippen LogP contribution >= 0.6 is 0 Å². The van der Waals surface area contributed by atoms with Crippen molar-refractivity contribution in [2.45, 2.75) is 19.4 Å². The molecule has 2 nitrogen and oxygen atoms in total. The zero-order chi connectivity index (χ0) is 11.3. The minimum Gasteiger partial charge on any atom is -0.496 e. The molecule has 80 valence electrons. The molecule has 0 spiro atoms. The summed E-state index contributed by atoms with van der Waals surface area (Å²) in [6, 6.07) is 6.31. The highest BCUT2D eigenvalue weighted by atomic mass is 16.5. The Hall–Kier alpha value is -1.46. The second-order valence-corrected chi connectivity index (χ2v) is 3.49. The summed E-state index contributed by atoms with van der Waals surface area (Å²) in [5, 5.41) is 3.19. The molecule has 0 saturated carbocycles. The molecule has 0 fully saturated rings. The number of rotatable bonds is 4. The molecule has 1 N–H and O–H groups in total. The molecular weight excluding hydrogens is 186 g/mol. The second kappa shape index (κ2) is 5.43. The molecule has 0 saturated heterocycles. The van der Waals surface area contributed by atoms with E-state index >= 15 is 0 Å². The Balaban J connectivity index is 3.06. The van der Waals surface area contributed by atoms with E-state index < -0.39 is 0 Å². The summed E-state index contributed by atoms with van der Waals surface area (Å²) >= 11 is 0. The highest BCUT2D eigenvalue weighted by Crippen LogP contribution is 2.27. The minimum atomic E-state index is 0.158. The van der Waals surface area contributed by atoms with E-state index in [2.05, 4.69) is 23.4 Å². The van der Waals surface area contributed by atoms with Gasteiger partial charge in [-0.15, -0.1) is 12.3 Å². The Kier molecular flexibility index (Phi) is 4.20. The SMILES string of the molecule is C#CCC(NC)c1ccc(C)cc1OC. The van der Waals surface area contributed by atoms with E-state index in [9.17, 15) is 0 Å². The lowest BCUT2D eigenvalue weighted by molar-refractivity contribution is 0.402. The van der Waals surface area contributed by atoms with Crippen LogP contribution in [-0.4, -0.2) is 14.2 Å². The molecule has 15 heavy (non-hydrogen) atoms. The highest BCUT2D eigenvalue weighted by Gasteiger charge is 2.12. The molecule has 0 bridgehead atoms. The van der Waals surface area contributed by atoms with Crippen LogP contribution in [0, 0.1) is 19.3 Å². The molecule has 0 amide bonds. The molecule has 0 radical (unpaired) electrons. The van der Waals surface area contributed by atoms with E-state index in [1.807, 2.05) is 20.0 Å². The van der Waals surface area contributed by atoms with Gasteiger partial charge in [0.2, 0.25) is 0 Å². The summed E-state index contributed by atoms with van der Waals surface area (Å²) < 4.78 is 5.35. The number of hydrogen-bond donors (Lipinski definition) is 1. The fraction of sp³-hybridized carbons (Fsp3) is 0.385. The van der Waals surface area contributed by atoms with Gasteiger partial charge in [0.05, 0.1) is 7.11 Å². The first kappa shape index (κ1) is 11.6. The van der Waals surface area contributed by atoms with Crippen molar-refractivity contribution < 1.29 is 4.74 Å². The van der Waals surface area contributed by atoms with Gasteiger partial charge in [-0.1, -0.05) is 12.1 Å². The quantitative estimate of drug-likeness (QED) is 0.758. The van der Waals surface area contributed by atoms with Crippen molar-refractivity contribution in [1.29, 1.82) is 0 Å². The largest absolute Gasteiger partial charge is 0.496 e. The van der Waals surface area contributed by atoms with Crippen molar-refractivity contribution in [2.75, 3.05) is 14.2 Å². The van der Waals surface area contributed by atoms with Gasteiger partial charge in [-0.05, 0) is 25.6 Å². The van der Waals surface area contributed by atoms with Crippen molar-refractivity contribution in [3.63, 3.8) is 0 Å². The van der Waals surface area contributed by atoms with Crippen LogP contribution < -0.4 is 10.1 Å². The number of nitrogens with one attached hydrogen (secondary N) is 1. The van der Waals surface area contributed by atoms with E-state index in [1.165, 1.54) is 5.56 Å². The zero-order valence-electron chi connectivity index (χ0n) is 9.50. The smallest absolute Gasteiger partial charge is 0.123 e. The van der Waals surface area contributed by atoms with Crippen molar-refractivity contribution in [3.8, 4) is 18.1 Å². The maximum absolute atomic E-state index is 5.35. The van der Waals surface area contributed by atoms with Crippen LogP contribution in [-0.2, 0) is 0 Å². The van der Waals surface area contributed by atoms with Gasteiger partial charge >= 0.3 is 0 Å². The second-order valence-electron chi connectivity index (χ2n) is 3.49. The molecule has 1 rings (SSSR count). The summed E-state index contributed by atoms with van der Waals surface area (Å²) in [7, 11) is 3.59. The van der Waals surface area contributed by atoms with E-state index in [1.54, 1.807) is 7.11 Å². The molecule has 0 aliphatic heterocycles. The van der Waals surface area contributed by atoms with Crippen molar-refractivity contribution in [3.05, 3.63) is 29.3 Å². The van der Waals surface area contributed by atoms with Crippen LogP contribution in [0.3, 0.4) is 0 Å². The molecule has 1 unspecified atom stereocenters. The normalized spacial score (nSPS) is 11.9. The summed E-state index contributed by atoms with van der Waals surface area (Å²) in [6.45, 7) is 2.04. The lowest BCUT2D eigenvalue weighted by Crippen LogP contribution is -2.16. The maximum atomic E-state index is 5.35. The Morgan fingerprint density at radius 2 is 2.27 bits per heavy atom. The van der Waals surface area contributed by atoms with Crippen molar-refractivity contribution >= 4 is 0 Å². The fourth-order valence-corrected chi connectivity index (χ4v) is 1.59. The van der Waals surface area contributed by atoms with Crippen LogP contribution in [0.2, 0.25) is 0 Å². The molecule has 1 aromatic carbocycles. The van der Waals surface area contributed by atoms with Gasteiger partial charge in [-0.2, -0.15) is 0 Å². The predicted molar refractivity (Wildman–Crippen MR) is 63.0 cm³/mol.